The van der Waals surface area contributed by atoms with Crippen LogP contribution < -0.4 is 5.32 Å². The molecule has 2 rings (SSSR count). The normalized spacial score (nSPS) is 19.4. The second-order valence-corrected chi connectivity index (χ2v) is 12.0. The zero-order valence-electron chi connectivity index (χ0n) is 20.2. The second-order valence-electron chi connectivity index (χ2n) is 12.0. The van der Waals surface area contributed by atoms with Gasteiger partial charge >= 0.3 is 0 Å². The largest absolute Gasteiger partial charge is 0.507 e. The third-order valence-corrected chi connectivity index (χ3v) is 5.53. The second kappa shape index (κ2) is 7.88. The molecule has 1 heterocycles. The molecule has 0 amide bonds. The van der Waals surface area contributed by atoms with Crippen molar-refractivity contribution in [3.8, 4) is 17.8 Å². The minimum absolute atomic E-state index is 0.0499. The summed E-state index contributed by atoms with van der Waals surface area (Å²) in [6.45, 7) is 21.7. The highest BCUT2D eigenvalue weighted by Gasteiger charge is 2.38. The van der Waals surface area contributed by atoms with E-state index in [2.05, 4.69) is 98.7 Å². The van der Waals surface area contributed by atoms with E-state index in [4.69, 9.17) is 4.74 Å². The van der Waals surface area contributed by atoms with Gasteiger partial charge < -0.3 is 15.2 Å². The molecule has 29 heavy (non-hydrogen) atoms. The zero-order valence-corrected chi connectivity index (χ0v) is 20.2. The molecule has 0 radical (unpaired) electrons. The molecule has 1 saturated heterocycles. The molecule has 2 N–H and O–H groups in total. The number of benzene rings is 1. The average molecular weight is 400 g/mol. The van der Waals surface area contributed by atoms with E-state index in [9.17, 15) is 5.11 Å². The van der Waals surface area contributed by atoms with Gasteiger partial charge in [0.15, 0.2) is 0 Å². The lowest BCUT2D eigenvalue weighted by Crippen LogP contribution is -2.59. The summed E-state index contributed by atoms with van der Waals surface area (Å²) in [6.07, 6.45) is 5.63. The standard InChI is InChI=1S/C26H41NO2/c1-23(2,3)20-14-18(15-21(22(20)28)24(4,5)6)12-11-13-29-19-16-25(7,8)27-26(9,10)17-19/h14-15,19,27-28H,12,16-17H2,1-10H3. The van der Waals surface area contributed by atoms with Crippen LogP contribution in [-0.4, -0.2) is 22.3 Å². The first-order valence-corrected chi connectivity index (χ1v) is 10.8. The number of phenolic OH excluding ortho intramolecular Hbond substituents is 1. The average Bonchev–Trinajstić information content (AvgIpc) is 2.47. The van der Waals surface area contributed by atoms with Crippen molar-refractivity contribution in [1.82, 2.24) is 5.32 Å². The third kappa shape index (κ3) is 6.41. The van der Waals surface area contributed by atoms with Crippen molar-refractivity contribution in [2.75, 3.05) is 0 Å². The van der Waals surface area contributed by atoms with Crippen LogP contribution in [0.2, 0.25) is 0 Å². The minimum atomic E-state index is -0.129. The van der Waals surface area contributed by atoms with Gasteiger partial charge in [-0.2, -0.15) is 0 Å². The van der Waals surface area contributed by atoms with Crippen LogP contribution in [-0.2, 0) is 22.0 Å². The van der Waals surface area contributed by atoms with Crippen molar-refractivity contribution in [3.05, 3.63) is 28.8 Å². The number of hydrogen-bond acceptors (Lipinski definition) is 3. The predicted octanol–water partition coefficient (Wildman–Crippen LogP) is 5.82. The van der Waals surface area contributed by atoms with Gasteiger partial charge in [-0.15, -0.1) is 0 Å². The van der Waals surface area contributed by atoms with Crippen LogP contribution in [0.1, 0.15) is 98.8 Å². The lowest BCUT2D eigenvalue weighted by atomic mass is 9.78. The summed E-state index contributed by atoms with van der Waals surface area (Å²) >= 11 is 0. The van der Waals surface area contributed by atoms with Gasteiger partial charge in [-0.25, -0.2) is 0 Å². The first-order valence-electron chi connectivity index (χ1n) is 10.8. The summed E-state index contributed by atoms with van der Waals surface area (Å²) < 4.78 is 5.94. The van der Waals surface area contributed by atoms with Crippen LogP contribution in [0.4, 0.5) is 0 Å². The van der Waals surface area contributed by atoms with Crippen molar-refractivity contribution in [3.63, 3.8) is 0 Å². The van der Waals surface area contributed by atoms with Crippen molar-refractivity contribution in [2.24, 2.45) is 0 Å². The van der Waals surface area contributed by atoms with Crippen molar-refractivity contribution in [1.29, 1.82) is 0 Å². The highest BCUT2D eigenvalue weighted by Crippen LogP contribution is 2.39. The Morgan fingerprint density at radius 2 is 1.41 bits per heavy atom. The van der Waals surface area contributed by atoms with E-state index in [-0.39, 0.29) is 28.0 Å². The molecule has 0 bridgehead atoms. The quantitative estimate of drug-likeness (QED) is 0.616. The maximum absolute atomic E-state index is 10.9. The number of piperidine rings is 1. The van der Waals surface area contributed by atoms with Crippen LogP contribution in [0.15, 0.2) is 12.1 Å². The highest BCUT2D eigenvalue weighted by atomic mass is 16.5. The maximum atomic E-state index is 10.9. The van der Waals surface area contributed by atoms with Gasteiger partial charge in [0, 0.05) is 30.3 Å². The van der Waals surface area contributed by atoms with Crippen LogP contribution >= 0.6 is 0 Å². The maximum Gasteiger partial charge on any atom is 0.123 e. The van der Waals surface area contributed by atoms with E-state index in [1.54, 1.807) is 0 Å². The Kier molecular flexibility index (Phi) is 6.41. The Labute approximate surface area is 178 Å². The summed E-state index contributed by atoms with van der Waals surface area (Å²) in [5.41, 5.74) is 2.92. The summed E-state index contributed by atoms with van der Waals surface area (Å²) in [5.74, 6) is 3.62. The predicted molar refractivity (Wildman–Crippen MR) is 122 cm³/mol. The molecule has 0 unspecified atom stereocenters. The molecule has 0 atom stereocenters. The summed E-state index contributed by atoms with van der Waals surface area (Å²) in [7, 11) is 0. The molecule has 0 aromatic heterocycles. The van der Waals surface area contributed by atoms with Crippen LogP contribution in [0.25, 0.3) is 0 Å². The smallest absolute Gasteiger partial charge is 0.123 e. The number of nitrogens with one attached hydrogen (secondary N) is 1. The fourth-order valence-corrected chi connectivity index (χ4v) is 4.51. The topological polar surface area (TPSA) is 41.5 Å². The Hall–Kier alpha value is -1.66. The summed E-state index contributed by atoms with van der Waals surface area (Å²) in [4.78, 5) is 0. The minimum Gasteiger partial charge on any atom is -0.507 e. The first-order chi connectivity index (χ1) is 13.0. The van der Waals surface area contributed by atoms with E-state index in [0.29, 0.717) is 12.2 Å². The fourth-order valence-electron chi connectivity index (χ4n) is 4.51. The van der Waals surface area contributed by atoms with Crippen molar-refractivity contribution >= 4 is 0 Å². The summed E-state index contributed by atoms with van der Waals surface area (Å²) in [6, 6.07) is 4.19. The van der Waals surface area contributed by atoms with Crippen molar-refractivity contribution in [2.45, 2.75) is 117 Å². The van der Waals surface area contributed by atoms with Gasteiger partial charge in [0.2, 0.25) is 0 Å². The molecule has 3 heteroatoms. The lowest BCUT2D eigenvalue weighted by molar-refractivity contribution is 0.0379. The van der Waals surface area contributed by atoms with Gasteiger partial charge in [-0.05, 0) is 55.2 Å². The molecular formula is C26H41NO2. The molecule has 162 valence electrons. The van der Waals surface area contributed by atoms with Gasteiger partial charge in [0.05, 0.1) is 0 Å². The van der Waals surface area contributed by atoms with E-state index in [1.165, 1.54) is 0 Å². The molecule has 3 nitrogen and oxygen atoms in total. The number of hydrogen-bond donors (Lipinski definition) is 2. The number of ether oxygens (including phenoxy) is 1. The molecule has 1 aliphatic rings. The van der Waals surface area contributed by atoms with E-state index < -0.39 is 0 Å². The highest BCUT2D eigenvalue weighted by molar-refractivity contribution is 5.50. The van der Waals surface area contributed by atoms with Crippen molar-refractivity contribution < 1.29 is 9.84 Å². The number of phenols is 1. The van der Waals surface area contributed by atoms with Crippen LogP contribution in [0.3, 0.4) is 0 Å². The molecule has 0 aliphatic carbocycles. The monoisotopic (exact) mass is 399 g/mol. The van der Waals surface area contributed by atoms with Crippen LogP contribution in [0.5, 0.6) is 5.75 Å². The fraction of sp³-hybridized carbons (Fsp3) is 0.692. The molecule has 0 spiro atoms. The zero-order chi connectivity index (χ0) is 22.3. The third-order valence-electron chi connectivity index (χ3n) is 5.53. The molecule has 1 aromatic rings. The van der Waals surface area contributed by atoms with Gasteiger partial charge in [-0.3, -0.25) is 0 Å². The number of rotatable bonds is 2. The van der Waals surface area contributed by atoms with E-state index in [0.717, 1.165) is 29.5 Å². The van der Waals surface area contributed by atoms with E-state index in [1.807, 2.05) is 0 Å². The molecular weight excluding hydrogens is 358 g/mol. The Morgan fingerprint density at radius 1 is 0.966 bits per heavy atom. The molecule has 1 aliphatic heterocycles. The Morgan fingerprint density at radius 3 is 1.83 bits per heavy atom. The Bertz CT molecular complexity index is 744. The van der Waals surface area contributed by atoms with Gasteiger partial charge in [-0.1, -0.05) is 59.6 Å². The lowest BCUT2D eigenvalue weighted by Gasteiger charge is -2.45. The van der Waals surface area contributed by atoms with Gasteiger partial charge in [0.25, 0.3) is 0 Å². The Balaban J connectivity index is 2.20. The van der Waals surface area contributed by atoms with Crippen LogP contribution in [0, 0.1) is 12.0 Å². The first kappa shape index (κ1) is 23.6. The SMILES string of the molecule is CC1(C)CC(OC#CCc2cc(C(C)(C)C)c(O)c(C(C)(C)C)c2)CC(C)(C)N1. The number of aromatic hydroxyl groups is 1. The van der Waals surface area contributed by atoms with E-state index >= 15 is 0 Å². The summed E-state index contributed by atoms with van der Waals surface area (Å²) in [5, 5.41) is 14.5. The van der Waals surface area contributed by atoms with Gasteiger partial charge in [0.1, 0.15) is 18.0 Å². The molecule has 1 aromatic carbocycles. The molecule has 1 fully saturated rings. The molecule has 0 saturated carbocycles.